The van der Waals surface area contributed by atoms with Crippen LogP contribution in [0.4, 0.5) is 18.9 Å². The third-order valence-corrected chi connectivity index (χ3v) is 6.24. The second-order valence-corrected chi connectivity index (χ2v) is 7.00. The summed E-state index contributed by atoms with van der Waals surface area (Å²) in [5, 5.41) is 2.80. The van der Waals surface area contributed by atoms with Crippen molar-refractivity contribution in [2.75, 3.05) is 11.9 Å². The van der Waals surface area contributed by atoms with Gasteiger partial charge in [0.2, 0.25) is 0 Å². The molecule has 98 valence electrons. The van der Waals surface area contributed by atoms with E-state index in [9.17, 15) is 21.6 Å². The van der Waals surface area contributed by atoms with Crippen LogP contribution in [0.1, 0.15) is 18.4 Å². The van der Waals surface area contributed by atoms with Gasteiger partial charge >= 0.3 is 6.18 Å². The average molecular weight is 277 g/mol. The molecule has 7 heteroatoms. The highest BCUT2D eigenvalue weighted by molar-refractivity contribution is 7.93. The van der Waals surface area contributed by atoms with Crippen LogP contribution in [0.3, 0.4) is 0 Å². The monoisotopic (exact) mass is 277 g/mol. The second-order valence-electron chi connectivity index (χ2n) is 4.72. The van der Waals surface area contributed by atoms with Crippen molar-refractivity contribution >= 4 is 15.5 Å². The van der Waals surface area contributed by atoms with Crippen molar-refractivity contribution in [3.63, 3.8) is 0 Å². The Balaban J connectivity index is 2.30. The van der Waals surface area contributed by atoms with Gasteiger partial charge in [-0.15, -0.1) is 0 Å². The van der Waals surface area contributed by atoms with Gasteiger partial charge in [-0.3, -0.25) is 0 Å². The lowest BCUT2D eigenvalue weighted by Crippen LogP contribution is -2.37. The van der Waals surface area contributed by atoms with Crippen LogP contribution in [0.5, 0.6) is 0 Å². The Morgan fingerprint density at radius 1 is 1.22 bits per heavy atom. The molecular weight excluding hydrogens is 267 g/mol. The van der Waals surface area contributed by atoms with Gasteiger partial charge in [-0.1, -0.05) is 6.07 Å². The van der Waals surface area contributed by atoms with Crippen LogP contribution in [-0.4, -0.2) is 19.7 Å². The number of anilines is 1. The van der Waals surface area contributed by atoms with Crippen molar-refractivity contribution in [2.45, 2.75) is 28.7 Å². The lowest BCUT2D eigenvalue weighted by atomic mass is 10.2. The molecule has 0 saturated heterocycles. The minimum absolute atomic E-state index is 0.0577. The molecule has 1 aliphatic heterocycles. The molecule has 0 aromatic heterocycles. The molecule has 1 N–H and O–H groups in total. The Bertz CT molecular complexity index is 618. The summed E-state index contributed by atoms with van der Waals surface area (Å²) < 4.78 is 62.3. The summed E-state index contributed by atoms with van der Waals surface area (Å²) in [5.41, 5.74) is -1.01. The first-order valence-corrected chi connectivity index (χ1v) is 6.95. The zero-order chi connectivity index (χ0) is 13.2. The summed E-state index contributed by atoms with van der Waals surface area (Å²) in [6.07, 6.45) is -3.81. The van der Waals surface area contributed by atoms with Crippen LogP contribution in [0.2, 0.25) is 0 Å². The molecule has 18 heavy (non-hydrogen) atoms. The largest absolute Gasteiger partial charge is 0.417 e. The standard InChI is InChI=1S/C11H10F3NO2S/c12-11(13,14)7-2-1-3-8-9(7)18(16,17)10(4-5-10)6-15-8/h1-3,15H,4-6H2. The summed E-state index contributed by atoms with van der Waals surface area (Å²) in [4.78, 5) is -0.582. The first-order valence-electron chi connectivity index (χ1n) is 5.47. The highest BCUT2D eigenvalue weighted by atomic mass is 32.2. The molecule has 1 spiro atoms. The van der Waals surface area contributed by atoms with Gasteiger partial charge in [-0.2, -0.15) is 13.2 Å². The Kier molecular flexibility index (Phi) is 2.10. The quantitative estimate of drug-likeness (QED) is 0.792. The van der Waals surface area contributed by atoms with Crippen molar-refractivity contribution in [1.82, 2.24) is 0 Å². The van der Waals surface area contributed by atoms with E-state index in [2.05, 4.69) is 5.32 Å². The van der Waals surface area contributed by atoms with E-state index in [1.165, 1.54) is 12.1 Å². The average Bonchev–Trinajstić information content (AvgIpc) is 3.04. The molecule has 0 atom stereocenters. The minimum atomic E-state index is -4.66. The van der Waals surface area contributed by atoms with Gasteiger partial charge < -0.3 is 5.32 Å². The van der Waals surface area contributed by atoms with Gasteiger partial charge in [-0.05, 0) is 25.0 Å². The van der Waals surface area contributed by atoms with E-state index in [0.717, 1.165) is 6.07 Å². The SMILES string of the molecule is O=S1(=O)c2c(cccc2C(F)(F)F)NCC12CC2. The number of hydrogen-bond acceptors (Lipinski definition) is 3. The lowest BCUT2D eigenvalue weighted by Gasteiger charge is -2.28. The molecule has 1 fully saturated rings. The molecule has 1 aliphatic carbocycles. The molecule has 1 aromatic carbocycles. The maximum Gasteiger partial charge on any atom is 0.417 e. The van der Waals surface area contributed by atoms with Gasteiger partial charge in [-0.25, -0.2) is 8.42 Å². The number of fused-ring (bicyclic) bond motifs is 1. The van der Waals surface area contributed by atoms with Gasteiger partial charge in [0.25, 0.3) is 0 Å². The molecule has 1 heterocycles. The summed E-state index contributed by atoms with van der Waals surface area (Å²) in [6, 6.07) is 3.41. The van der Waals surface area contributed by atoms with Crippen molar-refractivity contribution in [3.8, 4) is 0 Å². The molecular formula is C11H10F3NO2S. The van der Waals surface area contributed by atoms with Gasteiger partial charge in [0.1, 0.15) is 4.90 Å². The first-order chi connectivity index (χ1) is 8.28. The Morgan fingerprint density at radius 3 is 2.44 bits per heavy atom. The van der Waals surface area contributed by atoms with Crippen molar-refractivity contribution in [1.29, 1.82) is 0 Å². The predicted molar refractivity (Wildman–Crippen MR) is 59.1 cm³/mol. The summed E-state index contributed by atoms with van der Waals surface area (Å²) in [6.45, 7) is 0.198. The third kappa shape index (κ3) is 1.39. The van der Waals surface area contributed by atoms with E-state index in [1.807, 2.05) is 0 Å². The maximum atomic E-state index is 12.9. The number of halogens is 3. The van der Waals surface area contributed by atoms with Gasteiger partial charge in [0, 0.05) is 6.54 Å². The number of nitrogens with one attached hydrogen (secondary N) is 1. The fourth-order valence-corrected chi connectivity index (χ4v) is 4.58. The fourth-order valence-electron chi connectivity index (χ4n) is 2.34. The fraction of sp³-hybridized carbons (Fsp3) is 0.455. The van der Waals surface area contributed by atoms with E-state index in [-0.39, 0.29) is 12.2 Å². The van der Waals surface area contributed by atoms with E-state index < -0.39 is 31.2 Å². The van der Waals surface area contributed by atoms with E-state index in [4.69, 9.17) is 0 Å². The number of hydrogen-bond donors (Lipinski definition) is 1. The van der Waals surface area contributed by atoms with Crippen molar-refractivity contribution in [2.24, 2.45) is 0 Å². The Morgan fingerprint density at radius 2 is 1.89 bits per heavy atom. The lowest BCUT2D eigenvalue weighted by molar-refractivity contribution is -0.139. The third-order valence-electron chi connectivity index (χ3n) is 3.57. The van der Waals surface area contributed by atoms with Crippen LogP contribution in [0.25, 0.3) is 0 Å². The molecule has 1 aromatic rings. The topological polar surface area (TPSA) is 46.2 Å². The second kappa shape index (κ2) is 3.20. The summed E-state index contributed by atoms with van der Waals surface area (Å²) >= 11 is 0. The zero-order valence-electron chi connectivity index (χ0n) is 9.21. The Labute approximate surface area is 102 Å². The molecule has 2 aliphatic rings. The zero-order valence-corrected chi connectivity index (χ0v) is 10.0. The molecule has 0 amide bonds. The molecule has 3 nitrogen and oxygen atoms in total. The summed E-state index contributed by atoms with van der Waals surface area (Å²) in [7, 11) is -3.91. The van der Waals surface area contributed by atoms with Crippen LogP contribution in [-0.2, 0) is 16.0 Å². The first kappa shape index (κ1) is 11.8. The highest BCUT2D eigenvalue weighted by Gasteiger charge is 2.59. The number of rotatable bonds is 0. The van der Waals surface area contributed by atoms with Crippen LogP contribution in [0.15, 0.2) is 23.1 Å². The smallest absolute Gasteiger partial charge is 0.382 e. The van der Waals surface area contributed by atoms with Crippen LogP contribution >= 0.6 is 0 Å². The Hall–Kier alpha value is -1.24. The van der Waals surface area contributed by atoms with E-state index in [0.29, 0.717) is 12.8 Å². The van der Waals surface area contributed by atoms with Crippen molar-refractivity contribution in [3.05, 3.63) is 23.8 Å². The minimum Gasteiger partial charge on any atom is -0.382 e. The molecule has 0 bridgehead atoms. The van der Waals surface area contributed by atoms with Gasteiger partial charge in [0.05, 0.1) is 16.0 Å². The predicted octanol–water partition coefficient (Wildman–Crippen LogP) is 2.44. The number of alkyl halides is 3. The van der Waals surface area contributed by atoms with Crippen LogP contribution in [0, 0.1) is 0 Å². The molecule has 0 unspecified atom stereocenters. The normalized spacial score (nSPS) is 23.3. The molecule has 0 radical (unpaired) electrons. The maximum absolute atomic E-state index is 12.9. The van der Waals surface area contributed by atoms with Gasteiger partial charge in [0.15, 0.2) is 9.84 Å². The van der Waals surface area contributed by atoms with Crippen LogP contribution < -0.4 is 5.32 Å². The number of sulfone groups is 1. The van der Waals surface area contributed by atoms with E-state index >= 15 is 0 Å². The molecule has 1 saturated carbocycles. The summed E-state index contributed by atoms with van der Waals surface area (Å²) in [5.74, 6) is 0. The highest BCUT2D eigenvalue weighted by Crippen LogP contribution is 2.53. The van der Waals surface area contributed by atoms with Crippen molar-refractivity contribution < 1.29 is 21.6 Å². The van der Waals surface area contributed by atoms with E-state index in [1.54, 1.807) is 0 Å². The molecule has 3 rings (SSSR count). The number of benzene rings is 1.